The normalized spacial score (nSPS) is 10.3. The molecule has 18 heteroatoms. The Bertz CT molecular complexity index is 2070. The highest BCUT2D eigenvalue weighted by atomic mass is 16.7. The van der Waals surface area contributed by atoms with Crippen LogP contribution in [-0.4, -0.2) is 101 Å². The minimum Gasteiger partial charge on any atom is -0.493 e. The highest BCUT2D eigenvalue weighted by molar-refractivity contribution is 6.03. The molecular weight excluding hydrogens is 780 g/mol. The molecule has 0 amide bonds. The first-order chi connectivity index (χ1) is 28.3. The SMILES string of the molecule is C=CC(=O)OCCCCOC(=O)Oc1c(OC)cc(C(=O)O)c(-c2ccc(-c3c(C(=O)O)cc(OC)c(OC(=O)OCCCCOC(=O)C=C)c3OC)c(C)c2)c1OC. The van der Waals surface area contributed by atoms with E-state index in [1.807, 2.05) is 0 Å². The van der Waals surface area contributed by atoms with Crippen LogP contribution in [0.5, 0.6) is 34.5 Å². The zero-order chi connectivity index (χ0) is 43.6. The maximum absolute atomic E-state index is 12.8. The summed E-state index contributed by atoms with van der Waals surface area (Å²) in [5, 5.41) is 20.6. The minimum absolute atomic E-state index is 0.0255. The molecule has 3 aromatic rings. The average Bonchev–Trinajstić information content (AvgIpc) is 3.22. The Balaban J connectivity index is 2.04. The quantitative estimate of drug-likeness (QED) is 0.0348. The fourth-order valence-electron chi connectivity index (χ4n) is 5.52. The number of hydrogen-bond acceptors (Lipinski definition) is 16. The molecule has 0 unspecified atom stereocenters. The van der Waals surface area contributed by atoms with E-state index in [0.29, 0.717) is 31.2 Å². The summed E-state index contributed by atoms with van der Waals surface area (Å²) in [6.45, 7) is 8.18. The second kappa shape index (κ2) is 22.5. The molecule has 0 saturated heterocycles. The number of unbranched alkanes of at least 4 members (excludes halogenated alkanes) is 2. The zero-order valence-corrected chi connectivity index (χ0v) is 33.0. The lowest BCUT2D eigenvalue weighted by Crippen LogP contribution is -2.15. The van der Waals surface area contributed by atoms with Gasteiger partial charge in [0.25, 0.3) is 0 Å². The molecule has 0 aliphatic rings. The molecule has 0 saturated carbocycles. The van der Waals surface area contributed by atoms with Crippen LogP contribution in [0.1, 0.15) is 52.0 Å². The Morgan fingerprint density at radius 3 is 1.34 bits per heavy atom. The van der Waals surface area contributed by atoms with Gasteiger partial charge < -0.3 is 57.6 Å². The summed E-state index contributed by atoms with van der Waals surface area (Å²) in [5.41, 5.74) is 0.218. The average molecular weight is 825 g/mol. The monoisotopic (exact) mass is 824 g/mol. The molecule has 0 fully saturated rings. The molecule has 3 rings (SSSR count). The van der Waals surface area contributed by atoms with Crippen LogP contribution >= 0.6 is 0 Å². The molecular formula is C41H44O18. The molecule has 0 spiro atoms. The van der Waals surface area contributed by atoms with Crippen LogP contribution in [-0.2, 0) is 28.5 Å². The van der Waals surface area contributed by atoms with Crippen molar-refractivity contribution in [3.8, 4) is 56.8 Å². The number of aryl methyl sites for hydroxylation is 1. The number of esters is 2. The summed E-state index contributed by atoms with van der Waals surface area (Å²) in [6, 6.07) is 6.76. The first kappa shape index (κ1) is 46.1. The van der Waals surface area contributed by atoms with Crippen LogP contribution < -0.4 is 28.4 Å². The van der Waals surface area contributed by atoms with Gasteiger partial charge in [0.1, 0.15) is 0 Å². The van der Waals surface area contributed by atoms with E-state index in [4.69, 9.17) is 47.4 Å². The van der Waals surface area contributed by atoms with Crippen LogP contribution in [0.4, 0.5) is 9.59 Å². The molecule has 18 nitrogen and oxygen atoms in total. The van der Waals surface area contributed by atoms with E-state index in [1.54, 1.807) is 6.92 Å². The van der Waals surface area contributed by atoms with Crippen molar-refractivity contribution in [3.63, 3.8) is 0 Å². The Labute approximate surface area is 338 Å². The lowest BCUT2D eigenvalue weighted by atomic mass is 9.90. The van der Waals surface area contributed by atoms with E-state index in [0.717, 1.165) is 24.3 Å². The number of hydrogen-bond donors (Lipinski definition) is 2. The van der Waals surface area contributed by atoms with Gasteiger partial charge in [-0.1, -0.05) is 31.4 Å². The number of methoxy groups -OCH3 is 4. The summed E-state index contributed by atoms with van der Waals surface area (Å²) >= 11 is 0. The van der Waals surface area contributed by atoms with Gasteiger partial charge in [-0.3, -0.25) is 0 Å². The van der Waals surface area contributed by atoms with Crippen molar-refractivity contribution in [3.05, 3.63) is 72.3 Å². The molecule has 0 atom stereocenters. The topological polar surface area (TPSA) is 235 Å². The third-order valence-electron chi connectivity index (χ3n) is 8.21. The van der Waals surface area contributed by atoms with Crippen LogP contribution in [0.2, 0.25) is 0 Å². The predicted octanol–water partition coefficient (Wildman–Crippen LogP) is 6.81. The van der Waals surface area contributed by atoms with Crippen molar-refractivity contribution >= 4 is 36.2 Å². The van der Waals surface area contributed by atoms with E-state index in [9.17, 15) is 39.0 Å². The highest BCUT2D eigenvalue weighted by Crippen LogP contribution is 2.50. The third kappa shape index (κ3) is 12.1. The van der Waals surface area contributed by atoms with E-state index in [2.05, 4.69) is 13.2 Å². The van der Waals surface area contributed by atoms with Gasteiger partial charge in [-0.25, -0.2) is 28.8 Å². The summed E-state index contributed by atoms with van der Waals surface area (Å²) in [5.74, 6) is -5.28. The van der Waals surface area contributed by atoms with Crippen molar-refractivity contribution in [1.82, 2.24) is 0 Å². The fourth-order valence-corrected chi connectivity index (χ4v) is 5.52. The number of rotatable bonds is 22. The molecule has 0 aliphatic heterocycles. The van der Waals surface area contributed by atoms with Gasteiger partial charge in [-0.2, -0.15) is 0 Å². The second-order valence-corrected chi connectivity index (χ2v) is 11.9. The number of aromatic carboxylic acids is 2. The summed E-state index contributed by atoms with van der Waals surface area (Å²) < 4.78 is 53.0. The van der Waals surface area contributed by atoms with Crippen LogP contribution in [0.15, 0.2) is 55.6 Å². The lowest BCUT2D eigenvalue weighted by molar-refractivity contribution is -0.138. The van der Waals surface area contributed by atoms with Gasteiger partial charge in [0.05, 0.1) is 66.0 Å². The molecule has 0 radical (unpaired) electrons. The van der Waals surface area contributed by atoms with Crippen molar-refractivity contribution < 1.29 is 86.3 Å². The second-order valence-electron chi connectivity index (χ2n) is 11.9. The standard InChI is InChI=1S/C41H44O18/c1-8-30(42)54-16-10-12-18-56-40(48)58-34-28(50-4)21-26(38(44)45)32(36(34)52-6)24-14-15-25(23(3)20-24)33-27(39(46)47)22-29(51-5)35(37(33)53-7)59-41(49)57-19-13-11-17-55-31(43)9-2/h8-9,14-15,20-22H,1-2,10-13,16-19H2,3-7H3,(H,44,45)(H,46,47). The molecule has 316 valence electrons. The smallest absolute Gasteiger partial charge is 0.493 e. The number of benzene rings is 3. The maximum Gasteiger partial charge on any atom is 0.514 e. The number of carboxylic acid groups (broad SMARTS) is 2. The molecule has 0 aliphatic carbocycles. The molecule has 0 heterocycles. The highest BCUT2D eigenvalue weighted by Gasteiger charge is 2.31. The number of ether oxygens (including phenoxy) is 10. The number of carbonyl (C=O) groups excluding carboxylic acids is 4. The van der Waals surface area contributed by atoms with Gasteiger partial charge in [-0.05, 0) is 61.4 Å². The fraction of sp³-hybridized carbons (Fsp3) is 0.317. The van der Waals surface area contributed by atoms with E-state index in [1.165, 1.54) is 46.6 Å². The van der Waals surface area contributed by atoms with Crippen LogP contribution in [0.25, 0.3) is 22.3 Å². The van der Waals surface area contributed by atoms with Crippen LogP contribution in [0, 0.1) is 6.92 Å². The number of carboxylic acids is 2. The Morgan fingerprint density at radius 2 is 0.966 bits per heavy atom. The lowest BCUT2D eigenvalue weighted by Gasteiger charge is -2.21. The van der Waals surface area contributed by atoms with Crippen molar-refractivity contribution in [1.29, 1.82) is 0 Å². The van der Waals surface area contributed by atoms with Gasteiger partial charge in [0, 0.05) is 23.3 Å². The van der Waals surface area contributed by atoms with Crippen LogP contribution in [0.3, 0.4) is 0 Å². The summed E-state index contributed by atoms with van der Waals surface area (Å²) in [6.07, 6.45) is 1.12. The summed E-state index contributed by atoms with van der Waals surface area (Å²) in [4.78, 5) is 73.2. The third-order valence-corrected chi connectivity index (χ3v) is 8.21. The minimum atomic E-state index is -1.39. The zero-order valence-electron chi connectivity index (χ0n) is 33.0. The molecule has 59 heavy (non-hydrogen) atoms. The first-order valence-corrected chi connectivity index (χ1v) is 17.7. The molecule has 0 aromatic heterocycles. The molecule has 3 aromatic carbocycles. The van der Waals surface area contributed by atoms with E-state index < -0.39 is 36.2 Å². The van der Waals surface area contributed by atoms with Gasteiger partial charge >= 0.3 is 36.2 Å². The van der Waals surface area contributed by atoms with E-state index >= 15 is 0 Å². The Morgan fingerprint density at radius 1 is 0.559 bits per heavy atom. The van der Waals surface area contributed by atoms with Crippen molar-refractivity contribution in [2.24, 2.45) is 0 Å². The Kier molecular flexibility index (Phi) is 17.6. The van der Waals surface area contributed by atoms with Gasteiger partial charge in [0.15, 0.2) is 23.0 Å². The largest absolute Gasteiger partial charge is 0.514 e. The summed E-state index contributed by atoms with van der Waals surface area (Å²) in [7, 11) is 4.91. The van der Waals surface area contributed by atoms with Crippen molar-refractivity contribution in [2.45, 2.75) is 32.6 Å². The molecule has 2 N–H and O–H groups in total. The number of carbonyl (C=O) groups is 6. The first-order valence-electron chi connectivity index (χ1n) is 17.7. The maximum atomic E-state index is 12.8. The van der Waals surface area contributed by atoms with E-state index in [-0.39, 0.29) is 94.3 Å². The van der Waals surface area contributed by atoms with Gasteiger partial charge in [0.2, 0.25) is 11.5 Å². The predicted molar refractivity (Wildman–Crippen MR) is 207 cm³/mol. The van der Waals surface area contributed by atoms with Gasteiger partial charge in [-0.15, -0.1) is 0 Å². The van der Waals surface area contributed by atoms with Crippen molar-refractivity contribution in [2.75, 3.05) is 54.9 Å². The Hall–Kier alpha value is -7.24. The molecule has 0 bridgehead atoms.